The highest BCUT2D eigenvalue weighted by Gasteiger charge is 2.53. The number of nitrogens with zero attached hydrogens (tertiary/aromatic N) is 1. The first-order chi connectivity index (χ1) is 10.8. The van der Waals surface area contributed by atoms with Crippen LogP contribution in [0.4, 0.5) is 10.1 Å². The maximum absolute atomic E-state index is 13.6. The summed E-state index contributed by atoms with van der Waals surface area (Å²) in [4.78, 5) is 2.36. The molecule has 1 N–H and O–H groups in total. The van der Waals surface area contributed by atoms with Gasteiger partial charge < -0.3 is 10.2 Å². The van der Waals surface area contributed by atoms with Gasteiger partial charge in [-0.05, 0) is 49.7 Å². The molecule has 0 aromatic heterocycles. The van der Waals surface area contributed by atoms with E-state index in [-0.39, 0.29) is 5.82 Å². The van der Waals surface area contributed by atoms with Crippen molar-refractivity contribution in [3.8, 4) is 0 Å². The number of benzene rings is 2. The second-order valence-electron chi connectivity index (χ2n) is 6.53. The molecule has 0 saturated carbocycles. The summed E-state index contributed by atoms with van der Waals surface area (Å²) in [5, 5.41) is 3.47. The summed E-state index contributed by atoms with van der Waals surface area (Å²) in [7, 11) is 0. The predicted molar refractivity (Wildman–Crippen MR) is 87.5 cm³/mol. The Kier molecular flexibility index (Phi) is 3.38. The number of nitrogens with one attached hydrogen (secondary N) is 1. The number of halogens is 1. The molecule has 2 aliphatic rings. The Morgan fingerprint density at radius 1 is 1.00 bits per heavy atom. The SMILES string of the molecule is Fc1cccc(N2CC3(CCNCC3)[C@H]2c2ccccc2)c1. The van der Waals surface area contributed by atoms with Gasteiger partial charge in [-0.15, -0.1) is 0 Å². The lowest BCUT2D eigenvalue weighted by molar-refractivity contribution is 0.0817. The van der Waals surface area contributed by atoms with Crippen molar-refractivity contribution < 1.29 is 4.39 Å². The monoisotopic (exact) mass is 296 g/mol. The second-order valence-corrected chi connectivity index (χ2v) is 6.53. The Hall–Kier alpha value is -1.87. The topological polar surface area (TPSA) is 15.3 Å². The van der Waals surface area contributed by atoms with Crippen molar-refractivity contribution in [3.63, 3.8) is 0 Å². The molecule has 1 spiro atoms. The number of piperidine rings is 1. The van der Waals surface area contributed by atoms with Crippen molar-refractivity contribution in [2.24, 2.45) is 5.41 Å². The summed E-state index contributed by atoms with van der Waals surface area (Å²) in [5.41, 5.74) is 2.68. The third-order valence-electron chi connectivity index (χ3n) is 5.23. The van der Waals surface area contributed by atoms with Gasteiger partial charge in [0.2, 0.25) is 0 Å². The zero-order valence-corrected chi connectivity index (χ0v) is 12.6. The summed E-state index contributed by atoms with van der Waals surface area (Å²) in [6, 6.07) is 18.0. The number of hydrogen-bond acceptors (Lipinski definition) is 2. The van der Waals surface area contributed by atoms with Crippen LogP contribution in [0.1, 0.15) is 24.4 Å². The summed E-state index contributed by atoms with van der Waals surface area (Å²) in [5.74, 6) is -0.157. The molecule has 114 valence electrons. The van der Waals surface area contributed by atoms with E-state index in [9.17, 15) is 4.39 Å². The molecule has 2 aliphatic heterocycles. The molecule has 0 radical (unpaired) electrons. The summed E-state index contributed by atoms with van der Waals surface area (Å²) < 4.78 is 13.6. The molecule has 3 heteroatoms. The van der Waals surface area contributed by atoms with E-state index in [0.29, 0.717) is 11.5 Å². The van der Waals surface area contributed by atoms with E-state index < -0.39 is 0 Å². The maximum Gasteiger partial charge on any atom is 0.125 e. The lowest BCUT2D eigenvalue weighted by atomic mass is 9.63. The van der Waals surface area contributed by atoms with Gasteiger partial charge in [-0.3, -0.25) is 0 Å². The number of rotatable bonds is 2. The zero-order valence-electron chi connectivity index (χ0n) is 12.6. The van der Waals surface area contributed by atoms with Crippen LogP contribution < -0.4 is 10.2 Å². The van der Waals surface area contributed by atoms with E-state index in [0.717, 1.165) is 25.3 Å². The highest BCUT2D eigenvalue weighted by molar-refractivity contribution is 5.54. The van der Waals surface area contributed by atoms with Crippen LogP contribution in [0.5, 0.6) is 0 Å². The molecule has 0 unspecified atom stereocenters. The zero-order chi connectivity index (χ0) is 15.0. The normalized spacial score (nSPS) is 23.3. The van der Waals surface area contributed by atoms with Crippen LogP contribution >= 0.6 is 0 Å². The first-order valence-electron chi connectivity index (χ1n) is 8.06. The van der Waals surface area contributed by atoms with Crippen molar-refractivity contribution in [2.75, 3.05) is 24.5 Å². The molecular formula is C19H21FN2. The van der Waals surface area contributed by atoms with Gasteiger partial charge in [0.15, 0.2) is 0 Å². The largest absolute Gasteiger partial charge is 0.363 e. The van der Waals surface area contributed by atoms with E-state index in [1.165, 1.54) is 24.5 Å². The van der Waals surface area contributed by atoms with Crippen LogP contribution in [0.15, 0.2) is 54.6 Å². The van der Waals surface area contributed by atoms with Crippen molar-refractivity contribution in [1.82, 2.24) is 5.32 Å². The molecule has 22 heavy (non-hydrogen) atoms. The van der Waals surface area contributed by atoms with Crippen molar-refractivity contribution >= 4 is 5.69 Å². The Morgan fingerprint density at radius 3 is 2.50 bits per heavy atom. The van der Waals surface area contributed by atoms with E-state index in [2.05, 4.69) is 40.5 Å². The first kappa shape index (κ1) is 13.8. The number of hydrogen-bond donors (Lipinski definition) is 1. The summed E-state index contributed by atoms with van der Waals surface area (Å²) in [6.45, 7) is 3.19. The van der Waals surface area contributed by atoms with Crippen molar-refractivity contribution in [3.05, 3.63) is 66.0 Å². The molecule has 0 aliphatic carbocycles. The predicted octanol–water partition coefficient (Wildman–Crippen LogP) is 3.76. The van der Waals surface area contributed by atoms with Gasteiger partial charge in [0.05, 0.1) is 6.04 Å². The Bertz CT molecular complexity index is 649. The highest BCUT2D eigenvalue weighted by atomic mass is 19.1. The molecule has 0 amide bonds. The van der Waals surface area contributed by atoms with Crippen LogP contribution in [0.3, 0.4) is 0 Å². The van der Waals surface area contributed by atoms with Gasteiger partial charge >= 0.3 is 0 Å². The van der Waals surface area contributed by atoms with Crippen molar-refractivity contribution in [1.29, 1.82) is 0 Å². The highest BCUT2D eigenvalue weighted by Crippen LogP contribution is 2.55. The minimum Gasteiger partial charge on any atom is -0.363 e. The van der Waals surface area contributed by atoms with Crippen LogP contribution in [0.2, 0.25) is 0 Å². The lowest BCUT2D eigenvalue weighted by Gasteiger charge is -2.60. The fraction of sp³-hybridized carbons (Fsp3) is 0.368. The average Bonchev–Trinajstić information content (AvgIpc) is 2.55. The van der Waals surface area contributed by atoms with Crippen LogP contribution in [0, 0.1) is 11.2 Å². The molecule has 2 fully saturated rings. The molecule has 2 aromatic rings. The third-order valence-corrected chi connectivity index (χ3v) is 5.23. The summed E-state index contributed by atoms with van der Waals surface area (Å²) >= 11 is 0. The van der Waals surface area contributed by atoms with Gasteiger partial charge in [0.1, 0.15) is 5.82 Å². The van der Waals surface area contributed by atoms with E-state index in [1.807, 2.05) is 6.07 Å². The van der Waals surface area contributed by atoms with Gasteiger partial charge in [-0.25, -0.2) is 4.39 Å². The Labute approximate surface area is 131 Å². The first-order valence-corrected chi connectivity index (χ1v) is 8.06. The molecule has 0 bridgehead atoms. The standard InChI is InChI=1S/C19H21FN2/c20-16-7-4-8-17(13-16)22-14-19(9-11-21-12-10-19)18(22)15-5-2-1-3-6-15/h1-8,13,18,21H,9-12,14H2/t18-/m1/s1. The van der Waals surface area contributed by atoms with Gasteiger partial charge in [-0.2, -0.15) is 0 Å². The smallest absolute Gasteiger partial charge is 0.125 e. The summed E-state index contributed by atoms with van der Waals surface area (Å²) in [6.07, 6.45) is 2.39. The minimum absolute atomic E-state index is 0.157. The van der Waals surface area contributed by atoms with E-state index in [1.54, 1.807) is 12.1 Å². The van der Waals surface area contributed by atoms with Crippen LogP contribution in [-0.2, 0) is 0 Å². The Morgan fingerprint density at radius 2 is 1.77 bits per heavy atom. The molecule has 2 heterocycles. The molecule has 2 nitrogen and oxygen atoms in total. The van der Waals surface area contributed by atoms with E-state index >= 15 is 0 Å². The Balaban J connectivity index is 1.71. The van der Waals surface area contributed by atoms with Crippen molar-refractivity contribution in [2.45, 2.75) is 18.9 Å². The van der Waals surface area contributed by atoms with Gasteiger partial charge in [0, 0.05) is 17.6 Å². The molecular weight excluding hydrogens is 275 g/mol. The molecule has 2 saturated heterocycles. The third kappa shape index (κ3) is 2.20. The van der Waals surface area contributed by atoms with Crippen LogP contribution in [0.25, 0.3) is 0 Å². The maximum atomic E-state index is 13.6. The lowest BCUT2D eigenvalue weighted by Crippen LogP contribution is -2.62. The molecule has 1 atom stereocenters. The van der Waals surface area contributed by atoms with E-state index in [4.69, 9.17) is 0 Å². The molecule has 2 aromatic carbocycles. The minimum atomic E-state index is -0.157. The van der Waals surface area contributed by atoms with Gasteiger partial charge in [-0.1, -0.05) is 36.4 Å². The average molecular weight is 296 g/mol. The quantitative estimate of drug-likeness (QED) is 0.908. The van der Waals surface area contributed by atoms with Gasteiger partial charge in [0.25, 0.3) is 0 Å². The van der Waals surface area contributed by atoms with Crippen LogP contribution in [-0.4, -0.2) is 19.6 Å². The fourth-order valence-corrected chi connectivity index (χ4v) is 4.16. The second kappa shape index (κ2) is 5.40. The fourth-order valence-electron chi connectivity index (χ4n) is 4.16. The molecule has 4 rings (SSSR count). The number of anilines is 1.